The summed E-state index contributed by atoms with van der Waals surface area (Å²) in [5, 5.41) is 130. The minimum atomic E-state index is -1.62. The van der Waals surface area contributed by atoms with E-state index >= 15 is 0 Å². The molecule has 0 bridgehead atoms. The molecule has 0 aliphatic carbocycles. The van der Waals surface area contributed by atoms with Crippen molar-refractivity contribution in [2.75, 3.05) is 26.4 Å². The van der Waals surface area contributed by atoms with Crippen molar-refractivity contribution in [3.63, 3.8) is 0 Å². The highest BCUT2D eigenvalue weighted by Gasteiger charge is 2.46. The topological polar surface area (TPSA) is 347 Å². The molecule has 23 heteroatoms. The van der Waals surface area contributed by atoms with Gasteiger partial charge in [-0.25, -0.2) is 8.78 Å². The van der Waals surface area contributed by atoms with E-state index in [9.17, 15) is 79.6 Å². The number of aryl methyl sites for hydroxylation is 2. The van der Waals surface area contributed by atoms with Crippen molar-refractivity contribution in [1.29, 1.82) is 0 Å². The van der Waals surface area contributed by atoms with E-state index in [1.54, 1.807) is 24.3 Å². The molecular formula is C85H142F2N2O19. The van der Waals surface area contributed by atoms with Crippen molar-refractivity contribution in [3.8, 4) is 11.5 Å². The van der Waals surface area contributed by atoms with Crippen molar-refractivity contribution in [2.24, 2.45) is 0 Å². The van der Waals surface area contributed by atoms with Crippen molar-refractivity contribution in [2.45, 2.75) is 388 Å². The number of carbonyl (C=O) groups is 2. The van der Waals surface area contributed by atoms with E-state index in [2.05, 4.69) is 36.6 Å². The van der Waals surface area contributed by atoms with E-state index in [-0.39, 0.29) is 49.5 Å². The highest BCUT2D eigenvalue weighted by molar-refractivity contribution is 5.76. The van der Waals surface area contributed by atoms with Gasteiger partial charge in [-0.3, -0.25) is 9.59 Å². The van der Waals surface area contributed by atoms with Crippen LogP contribution >= 0.6 is 0 Å². The van der Waals surface area contributed by atoms with Crippen LogP contribution in [-0.2, 0) is 41.4 Å². The zero-order valence-corrected chi connectivity index (χ0v) is 65.4. The maximum absolute atomic E-state index is 13.1. The summed E-state index contributed by atoms with van der Waals surface area (Å²) in [6, 6.07) is 18.4. The molecule has 0 radical (unpaired) electrons. The number of carbonyl (C=O) groups excluding carboxylic acids is 2. The van der Waals surface area contributed by atoms with Crippen LogP contribution in [0.5, 0.6) is 11.5 Å². The normalized spacial score (nSPS) is 21.8. The number of nitrogens with one attached hydrogen (secondary N) is 2. The Morgan fingerprint density at radius 1 is 0.380 bits per heavy atom. The van der Waals surface area contributed by atoms with Gasteiger partial charge in [0.15, 0.2) is 12.6 Å². The summed E-state index contributed by atoms with van der Waals surface area (Å²) in [5.74, 6) is 0.169. The number of hydrogen-bond donors (Lipinski definition) is 14. The Morgan fingerprint density at radius 3 is 0.981 bits per heavy atom. The van der Waals surface area contributed by atoms with Crippen LogP contribution < -0.4 is 15.4 Å². The van der Waals surface area contributed by atoms with Gasteiger partial charge in [-0.2, -0.15) is 0 Å². The number of rotatable bonds is 61. The number of benzene rings is 3. The Kier molecular flexibility index (Phi) is 52.8. The molecule has 2 aliphatic heterocycles. The third-order valence-electron chi connectivity index (χ3n) is 21.0. The molecule has 0 aromatic heterocycles. The van der Waals surface area contributed by atoms with Gasteiger partial charge in [-0.15, -0.1) is 0 Å². The Labute approximate surface area is 644 Å². The largest absolute Gasteiger partial charge is 0.457 e. The first kappa shape index (κ1) is 96.0. The molecule has 0 saturated carbocycles. The third-order valence-corrected chi connectivity index (χ3v) is 21.0. The fourth-order valence-electron chi connectivity index (χ4n) is 13.9. The first-order chi connectivity index (χ1) is 52.3. The lowest BCUT2D eigenvalue weighted by atomic mass is 9.98. The number of hydrogen-bond acceptors (Lipinski definition) is 19. The van der Waals surface area contributed by atoms with Gasteiger partial charge in [0.1, 0.15) is 84.2 Å². The summed E-state index contributed by atoms with van der Waals surface area (Å²) in [5.41, 5.74) is 2.34. The van der Waals surface area contributed by atoms with Crippen molar-refractivity contribution < 1.29 is 103 Å². The standard InChI is InChI=1S/C47H76FNO10.C38H66FNO9/c1-2-3-4-5-6-7-8-9-10-14-17-20-23-40(51)43(53)39(34-57-47-46(56)45(55)44(54)41(33-50)59-47)49-42(52)24-21-18-15-12-11-13-16-19-22-35-25-29-37(30-26-35)58-38-31-27-36(48)28-32-38;1-2-3-4-5-6-7-8-9-10-11-14-17-20-31(42)34(44)30(27-48-38-37(47)36(46)35(45)32(26-41)49-38)40-33(43)21-18-15-12-13-16-19-28-22-24-29(39)25-23-28/h25-32,39-41,43-47,50-51,53-56H,2-24,33-34H2,1H3,(H,49,52);22-25,30-32,34-38,41-42,44-47H,2-21,26-27H2,1H3,(H,40,43)/t39-,40+,41?,43-,44-,45?,46-,47-;30-,31+,32?,34-,35-,36?,37-,38-/m00/s1. The van der Waals surface area contributed by atoms with Gasteiger partial charge in [-0.05, 0) is 111 Å². The van der Waals surface area contributed by atoms with Gasteiger partial charge in [0.05, 0.1) is 50.7 Å². The van der Waals surface area contributed by atoms with Crippen molar-refractivity contribution >= 4 is 11.8 Å². The lowest BCUT2D eigenvalue weighted by Crippen LogP contribution is -2.60. The number of ether oxygens (including phenoxy) is 5. The molecule has 16 atom stereocenters. The molecule has 2 saturated heterocycles. The second kappa shape index (κ2) is 59.4. The third kappa shape index (κ3) is 40.9. The van der Waals surface area contributed by atoms with E-state index in [1.165, 1.54) is 133 Å². The maximum atomic E-state index is 13.1. The van der Waals surface area contributed by atoms with Crippen LogP contribution in [0.2, 0.25) is 0 Å². The summed E-state index contributed by atoms with van der Waals surface area (Å²) in [7, 11) is 0. The van der Waals surface area contributed by atoms with Gasteiger partial charge in [0.2, 0.25) is 11.8 Å². The predicted molar refractivity (Wildman–Crippen MR) is 415 cm³/mol. The Bertz CT molecular complexity index is 2670. The monoisotopic (exact) mass is 1530 g/mol. The minimum absolute atomic E-state index is 0.218. The fourth-order valence-corrected chi connectivity index (χ4v) is 13.9. The van der Waals surface area contributed by atoms with E-state index < -0.39 is 111 Å². The second-order valence-corrected chi connectivity index (χ2v) is 30.3. The molecule has 3 aromatic carbocycles. The maximum Gasteiger partial charge on any atom is 0.220 e. The molecule has 3 aromatic rings. The molecular weight excluding hydrogens is 1390 g/mol. The van der Waals surface area contributed by atoms with Crippen LogP contribution in [0.4, 0.5) is 8.78 Å². The molecule has 2 fully saturated rings. The average molecular weight is 1530 g/mol. The molecule has 620 valence electrons. The number of aliphatic hydroxyl groups is 12. The quantitative estimate of drug-likeness (QED) is 0.0233. The predicted octanol–water partition coefficient (Wildman–Crippen LogP) is 12.6. The van der Waals surface area contributed by atoms with E-state index in [0.717, 1.165) is 146 Å². The molecule has 2 aliphatic rings. The minimum Gasteiger partial charge on any atom is -0.457 e. The number of amides is 2. The Morgan fingerprint density at radius 2 is 0.657 bits per heavy atom. The molecule has 21 nitrogen and oxygen atoms in total. The molecule has 108 heavy (non-hydrogen) atoms. The van der Waals surface area contributed by atoms with E-state index in [0.29, 0.717) is 31.4 Å². The first-order valence-electron chi connectivity index (χ1n) is 41.7. The molecule has 2 amide bonds. The second-order valence-electron chi connectivity index (χ2n) is 30.3. The summed E-state index contributed by atoms with van der Waals surface area (Å²) in [6.45, 7) is 2.56. The highest BCUT2D eigenvalue weighted by Crippen LogP contribution is 2.28. The van der Waals surface area contributed by atoms with Crippen LogP contribution in [0, 0.1) is 11.6 Å². The number of halogens is 2. The molecule has 14 N–H and O–H groups in total. The van der Waals surface area contributed by atoms with E-state index in [1.807, 2.05) is 12.1 Å². The molecule has 5 rings (SSSR count). The smallest absolute Gasteiger partial charge is 0.220 e. The summed E-state index contributed by atoms with van der Waals surface area (Å²) < 4.78 is 54.2. The van der Waals surface area contributed by atoms with Gasteiger partial charge < -0.3 is 95.6 Å². The van der Waals surface area contributed by atoms with Crippen LogP contribution in [0.3, 0.4) is 0 Å². The first-order valence-corrected chi connectivity index (χ1v) is 41.7. The molecule has 4 unspecified atom stereocenters. The van der Waals surface area contributed by atoms with Crippen LogP contribution in [0.1, 0.15) is 288 Å². The van der Waals surface area contributed by atoms with Crippen molar-refractivity contribution in [1.82, 2.24) is 10.6 Å². The van der Waals surface area contributed by atoms with Gasteiger partial charge >= 0.3 is 0 Å². The summed E-state index contributed by atoms with van der Waals surface area (Å²) in [6.07, 6.45) is 24.2. The number of aliphatic hydroxyl groups excluding tert-OH is 12. The summed E-state index contributed by atoms with van der Waals surface area (Å²) in [4.78, 5) is 25.9. The lowest BCUT2D eigenvalue weighted by Gasteiger charge is -2.40. The summed E-state index contributed by atoms with van der Waals surface area (Å²) >= 11 is 0. The Balaban J connectivity index is 0.000000465. The SMILES string of the molecule is CCCCCCCCCCCCCC[C@@H](O)[C@@H](O)[C@H](CO[C@H]1OC(CO)[C@H](O)C(O)[C@@H]1O)NC(=O)CCCCCCCCCCc1ccc(Oc2ccc(F)cc2)cc1.CCCCCCCCCCCCCC[C@@H](O)[C@@H](O)[C@H](CO[C@H]1OC(CO)[C@H](O)C(O)[C@@H]1O)NC(=O)CCCCCCCc1ccc(F)cc1. The van der Waals surface area contributed by atoms with Crippen molar-refractivity contribution in [3.05, 3.63) is 95.6 Å². The fraction of sp³-hybridized carbons (Fsp3) is 0.765. The van der Waals surface area contributed by atoms with E-state index in [4.69, 9.17) is 23.7 Å². The zero-order valence-electron chi connectivity index (χ0n) is 65.4. The van der Waals surface area contributed by atoms with Crippen LogP contribution in [-0.4, -0.2) is 197 Å². The Hall–Kier alpha value is -4.38. The lowest BCUT2D eigenvalue weighted by molar-refractivity contribution is -0.303. The van der Waals surface area contributed by atoms with Gasteiger partial charge in [0, 0.05) is 12.8 Å². The van der Waals surface area contributed by atoms with Crippen LogP contribution in [0.25, 0.3) is 0 Å². The molecule has 2 heterocycles. The molecule has 0 spiro atoms. The van der Waals surface area contributed by atoms with Crippen LogP contribution in [0.15, 0.2) is 72.8 Å². The highest BCUT2D eigenvalue weighted by atomic mass is 19.1. The van der Waals surface area contributed by atoms with Gasteiger partial charge in [0.25, 0.3) is 0 Å². The zero-order chi connectivity index (χ0) is 78.5. The average Bonchev–Trinajstić information content (AvgIpc) is 0.821. The van der Waals surface area contributed by atoms with Gasteiger partial charge in [-0.1, -0.05) is 250 Å². The number of unbranched alkanes of at least 4 members (excludes halogenated alkanes) is 33.